The number of methoxy groups -OCH3 is 1. The Labute approximate surface area is 131 Å². The predicted molar refractivity (Wildman–Crippen MR) is 82.3 cm³/mol. The summed E-state index contributed by atoms with van der Waals surface area (Å²) in [5.74, 6) is 0. The van der Waals surface area contributed by atoms with Crippen LogP contribution < -0.4 is 0 Å². The molecule has 5 nitrogen and oxygen atoms in total. The maximum Gasteiger partial charge on any atom is 0.410 e. The van der Waals surface area contributed by atoms with Crippen molar-refractivity contribution in [3.05, 3.63) is 29.1 Å². The first kappa shape index (κ1) is 18.4. The molecule has 1 aromatic heterocycles. The number of rotatable bonds is 6. The molecule has 0 N–H and O–H groups in total. The third kappa shape index (κ3) is 5.97. The van der Waals surface area contributed by atoms with Crippen molar-refractivity contribution in [1.29, 1.82) is 0 Å². The Kier molecular flexibility index (Phi) is 6.74. The van der Waals surface area contributed by atoms with Crippen LogP contribution in [0.3, 0.4) is 0 Å². The van der Waals surface area contributed by atoms with Gasteiger partial charge in [0.25, 0.3) is 0 Å². The van der Waals surface area contributed by atoms with E-state index < -0.39 is 18.4 Å². The van der Waals surface area contributed by atoms with Gasteiger partial charge in [-0.05, 0) is 44.9 Å². The molecule has 0 aliphatic heterocycles. The molecule has 0 aromatic carbocycles. The molecule has 0 radical (unpaired) electrons. The lowest BCUT2D eigenvalue weighted by Gasteiger charge is -2.27. The van der Waals surface area contributed by atoms with E-state index in [-0.39, 0.29) is 13.1 Å². The zero-order valence-corrected chi connectivity index (χ0v) is 14.0. The van der Waals surface area contributed by atoms with Crippen LogP contribution in [0.2, 0.25) is 0 Å². The molecule has 0 unspecified atom stereocenters. The fourth-order valence-electron chi connectivity index (χ4n) is 1.95. The predicted octanol–water partition coefficient (Wildman–Crippen LogP) is 3.24. The van der Waals surface area contributed by atoms with Crippen LogP contribution >= 0.6 is 0 Å². The van der Waals surface area contributed by atoms with E-state index in [1.54, 1.807) is 34.1 Å². The van der Waals surface area contributed by atoms with Crippen LogP contribution in [-0.4, -0.2) is 41.9 Å². The lowest BCUT2D eigenvalue weighted by atomic mass is 10.1. The Morgan fingerprint density at radius 1 is 1.36 bits per heavy atom. The minimum absolute atomic E-state index is 0.0186. The zero-order valence-electron chi connectivity index (χ0n) is 14.0. The number of halogens is 1. The van der Waals surface area contributed by atoms with Gasteiger partial charge in [0.2, 0.25) is 0 Å². The van der Waals surface area contributed by atoms with E-state index in [0.29, 0.717) is 6.61 Å². The summed E-state index contributed by atoms with van der Waals surface area (Å²) < 4.78 is 23.2. The molecule has 0 aliphatic carbocycles. The normalized spacial score (nSPS) is 11.4. The second-order valence-electron chi connectivity index (χ2n) is 6.12. The first-order valence-electron chi connectivity index (χ1n) is 7.24. The summed E-state index contributed by atoms with van der Waals surface area (Å²) in [5, 5.41) is 0. The molecule has 0 atom stereocenters. The minimum Gasteiger partial charge on any atom is -0.444 e. The molecule has 0 fully saturated rings. The molecule has 0 aliphatic rings. The molecule has 124 valence electrons. The number of alkyl halides is 1. The maximum absolute atomic E-state index is 12.8. The van der Waals surface area contributed by atoms with Gasteiger partial charge < -0.3 is 14.4 Å². The van der Waals surface area contributed by atoms with E-state index in [0.717, 1.165) is 16.8 Å². The number of hydrogen-bond donors (Lipinski definition) is 0. The maximum atomic E-state index is 12.8. The van der Waals surface area contributed by atoms with Crippen molar-refractivity contribution in [2.75, 3.05) is 20.3 Å². The van der Waals surface area contributed by atoms with Gasteiger partial charge in [0.05, 0.1) is 19.7 Å². The fourth-order valence-corrected chi connectivity index (χ4v) is 1.95. The fraction of sp³-hybridized carbons (Fsp3) is 0.625. The third-order valence-electron chi connectivity index (χ3n) is 2.89. The molecule has 0 spiro atoms. The standard InChI is InChI=1S/C16H25FN2O3/c1-12-8-13(11-21-5)14(9-18-12)10-19(7-6-17)15(20)22-16(2,3)4/h8-9H,6-7,10-11H2,1-5H3. The Balaban J connectivity index is 2.93. The number of carbonyl (C=O) groups excluding carboxylic acids is 1. The van der Waals surface area contributed by atoms with Gasteiger partial charge in [0.1, 0.15) is 12.3 Å². The minimum atomic E-state index is -0.627. The van der Waals surface area contributed by atoms with Crippen molar-refractivity contribution in [2.24, 2.45) is 0 Å². The number of nitrogens with zero attached hydrogens (tertiary/aromatic N) is 2. The van der Waals surface area contributed by atoms with Gasteiger partial charge in [-0.1, -0.05) is 0 Å². The van der Waals surface area contributed by atoms with Gasteiger partial charge in [-0.2, -0.15) is 0 Å². The van der Waals surface area contributed by atoms with E-state index in [4.69, 9.17) is 9.47 Å². The number of pyridine rings is 1. The van der Waals surface area contributed by atoms with Gasteiger partial charge in [0.15, 0.2) is 0 Å². The highest BCUT2D eigenvalue weighted by Crippen LogP contribution is 2.16. The van der Waals surface area contributed by atoms with Crippen molar-refractivity contribution in [3.63, 3.8) is 0 Å². The number of aryl methyl sites for hydroxylation is 1. The number of hydrogen-bond acceptors (Lipinski definition) is 4. The smallest absolute Gasteiger partial charge is 0.410 e. The zero-order chi connectivity index (χ0) is 16.8. The van der Waals surface area contributed by atoms with Crippen LogP contribution in [0.25, 0.3) is 0 Å². The van der Waals surface area contributed by atoms with Gasteiger partial charge >= 0.3 is 6.09 Å². The highest BCUT2D eigenvalue weighted by molar-refractivity contribution is 5.68. The van der Waals surface area contributed by atoms with Crippen LogP contribution in [0, 0.1) is 6.92 Å². The number of amides is 1. The summed E-state index contributed by atoms with van der Waals surface area (Å²) >= 11 is 0. The van der Waals surface area contributed by atoms with Gasteiger partial charge in [-0.15, -0.1) is 0 Å². The van der Waals surface area contributed by atoms with Crippen molar-refractivity contribution in [2.45, 2.75) is 46.4 Å². The topological polar surface area (TPSA) is 51.7 Å². The first-order valence-corrected chi connectivity index (χ1v) is 7.24. The lowest BCUT2D eigenvalue weighted by molar-refractivity contribution is 0.0221. The van der Waals surface area contributed by atoms with Gasteiger partial charge in [-0.25, -0.2) is 9.18 Å². The lowest BCUT2D eigenvalue weighted by Crippen LogP contribution is -2.37. The quantitative estimate of drug-likeness (QED) is 0.809. The molecule has 22 heavy (non-hydrogen) atoms. The molecular weight excluding hydrogens is 287 g/mol. The summed E-state index contributed by atoms with van der Waals surface area (Å²) in [7, 11) is 1.60. The van der Waals surface area contributed by atoms with Crippen LogP contribution in [0.1, 0.15) is 37.6 Å². The van der Waals surface area contributed by atoms with Crippen molar-refractivity contribution in [1.82, 2.24) is 9.88 Å². The molecule has 1 amide bonds. The molecule has 1 rings (SSSR count). The summed E-state index contributed by atoms with van der Waals surface area (Å²) in [6, 6.07) is 1.90. The van der Waals surface area contributed by atoms with Crippen molar-refractivity contribution >= 4 is 6.09 Å². The van der Waals surface area contributed by atoms with Crippen LogP contribution in [-0.2, 0) is 22.6 Å². The third-order valence-corrected chi connectivity index (χ3v) is 2.89. The highest BCUT2D eigenvalue weighted by atomic mass is 19.1. The van der Waals surface area contributed by atoms with Gasteiger partial charge in [0, 0.05) is 19.0 Å². The second kappa shape index (κ2) is 8.08. The SMILES string of the molecule is COCc1cc(C)ncc1CN(CCF)C(=O)OC(C)(C)C. The van der Waals surface area contributed by atoms with Crippen LogP contribution in [0.5, 0.6) is 0 Å². The molecule has 1 aromatic rings. The van der Waals surface area contributed by atoms with E-state index in [2.05, 4.69) is 4.98 Å². The van der Waals surface area contributed by atoms with Gasteiger partial charge in [-0.3, -0.25) is 4.98 Å². The Bertz CT molecular complexity index is 501. The highest BCUT2D eigenvalue weighted by Gasteiger charge is 2.23. The second-order valence-corrected chi connectivity index (χ2v) is 6.12. The van der Waals surface area contributed by atoms with E-state index in [1.165, 1.54) is 4.90 Å². The van der Waals surface area contributed by atoms with Crippen LogP contribution in [0.4, 0.5) is 9.18 Å². The summed E-state index contributed by atoms with van der Waals surface area (Å²) in [4.78, 5) is 17.8. The monoisotopic (exact) mass is 312 g/mol. The van der Waals surface area contributed by atoms with Crippen molar-refractivity contribution in [3.8, 4) is 0 Å². The molecule has 1 heterocycles. The molecule has 6 heteroatoms. The van der Waals surface area contributed by atoms with Crippen molar-refractivity contribution < 1.29 is 18.7 Å². The Morgan fingerprint density at radius 2 is 2.05 bits per heavy atom. The molecular formula is C16H25FN2O3. The van der Waals surface area contributed by atoms with E-state index >= 15 is 0 Å². The Hall–Kier alpha value is -1.69. The number of aromatic nitrogens is 1. The molecule has 0 bridgehead atoms. The van der Waals surface area contributed by atoms with Crippen LogP contribution in [0.15, 0.2) is 12.3 Å². The van der Waals surface area contributed by atoms with E-state index in [1.807, 2.05) is 13.0 Å². The summed E-state index contributed by atoms with van der Waals surface area (Å²) in [6.45, 7) is 7.23. The molecule has 0 saturated carbocycles. The first-order chi connectivity index (χ1) is 10.3. The number of carbonyl (C=O) groups is 1. The average molecular weight is 312 g/mol. The molecule has 0 saturated heterocycles. The van der Waals surface area contributed by atoms with E-state index in [9.17, 15) is 9.18 Å². The number of ether oxygens (including phenoxy) is 2. The summed E-state index contributed by atoms with van der Waals surface area (Å²) in [5.41, 5.74) is 2.01. The Morgan fingerprint density at radius 3 is 2.59 bits per heavy atom. The summed E-state index contributed by atoms with van der Waals surface area (Å²) in [6.07, 6.45) is 1.16. The average Bonchev–Trinajstić information content (AvgIpc) is 2.39. The largest absolute Gasteiger partial charge is 0.444 e.